The fourth-order valence-corrected chi connectivity index (χ4v) is 2.60. The van der Waals surface area contributed by atoms with Crippen molar-refractivity contribution in [1.82, 2.24) is 9.80 Å². The number of carbonyl (C=O) groups is 2. The Hall–Kier alpha value is -1.98. The lowest BCUT2D eigenvalue weighted by molar-refractivity contribution is -0.148. The molecule has 0 saturated carbocycles. The van der Waals surface area contributed by atoms with Crippen LogP contribution in [0.2, 0.25) is 0 Å². The summed E-state index contributed by atoms with van der Waals surface area (Å²) in [5, 5.41) is 9.34. The predicted octanol–water partition coefficient (Wildman–Crippen LogP) is 2.02. The van der Waals surface area contributed by atoms with Gasteiger partial charge in [0.2, 0.25) is 0 Å². The van der Waals surface area contributed by atoms with E-state index in [9.17, 15) is 14.7 Å². The number of furan rings is 1. The van der Waals surface area contributed by atoms with Crippen molar-refractivity contribution >= 4 is 12.0 Å². The average Bonchev–Trinajstić information content (AvgIpc) is 3.07. The zero-order chi connectivity index (χ0) is 14.8. The number of hydrogen-bond acceptors (Lipinski definition) is 3. The third-order valence-electron chi connectivity index (χ3n) is 4.05. The highest BCUT2D eigenvalue weighted by Crippen LogP contribution is 2.34. The van der Waals surface area contributed by atoms with Gasteiger partial charge in [-0.2, -0.15) is 0 Å². The van der Waals surface area contributed by atoms with Crippen LogP contribution in [-0.4, -0.2) is 47.0 Å². The second-order valence-electron chi connectivity index (χ2n) is 5.33. The van der Waals surface area contributed by atoms with Gasteiger partial charge in [0.25, 0.3) is 0 Å². The zero-order valence-electron chi connectivity index (χ0n) is 11.8. The number of carboxylic acids is 1. The van der Waals surface area contributed by atoms with Crippen molar-refractivity contribution in [3.05, 3.63) is 24.2 Å². The second kappa shape index (κ2) is 5.56. The van der Waals surface area contributed by atoms with E-state index >= 15 is 0 Å². The molecule has 0 aliphatic carbocycles. The largest absolute Gasteiger partial charge is 0.481 e. The molecule has 0 bridgehead atoms. The summed E-state index contributed by atoms with van der Waals surface area (Å²) in [6.45, 7) is 3.00. The predicted molar refractivity (Wildman–Crippen MR) is 72.1 cm³/mol. The first kappa shape index (κ1) is 14.4. The van der Waals surface area contributed by atoms with Crippen molar-refractivity contribution in [2.45, 2.75) is 26.3 Å². The molecule has 1 aromatic heterocycles. The summed E-state index contributed by atoms with van der Waals surface area (Å²) in [6.07, 6.45) is 2.61. The maximum Gasteiger partial charge on any atom is 0.320 e. The summed E-state index contributed by atoms with van der Waals surface area (Å²) in [6, 6.07) is 3.43. The molecule has 2 amide bonds. The van der Waals surface area contributed by atoms with Gasteiger partial charge in [-0.3, -0.25) is 4.79 Å². The summed E-state index contributed by atoms with van der Waals surface area (Å²) in [7, 11) is 1.69. The van der Waals surface area contributed by atoms with Gasteiger partial charge >= 0.3 is 12.0 Å². The van der Waals surface area contributed by atoms with E-state index in [0.29, 0.717) is 31.7 Å². The van der Waals surface area contributed by atoms with Crippen LogP contribution in [0.25, 0.3) is 0 Å². The topological polar surface area (TPSA) is 74.0 Å². The Morgan fingerprint density at radius 1 is 1.55 bits per heavy atom. The maximum atomic E-state index is 12.3. The van der Waals surface area contributed by atoms with Crippen molar-refractivity contribution in [3.63, 3.8) is 0 Å². The standard InChI is InChI=1S/C14H20N2O4/c1-3-14(12(17)18)6-7-16(10-14)13(19)15(2)9-11-5-4-8-20-11/h4-5,8H,3,6-7,9-10H2,1-2H3,(H,17,18). The van der Waals surface area contributed by atoms with Crippen molar-refractivity contribution in [2.75, 3.05) is 20.1 Å². The fourth-order valence-electron chi connectivity index (χ4n) is 2.60. The molecule has 1 unspecified atom stereocenters. The van der Waals surface area contributed by atoms with Gasteiger partial charge in [0.05, 0.1) is 18.2 Å². The normalized spacial score (nSPS) is 22.0. The van der Waals surface area contributed by atoms with E-state index < -0.39 is 11.4 Å². The minimum atomic E-state index is -0.816. The third kappa shape index (κ3) is 2.64. The quantitative estimate of drug-likeness (QED) is 0.915. The second-order valence-corrected chi connectivity index (χ2v) is 5.33. The maximum absolute atomic E-state index is 12.3. The molecule has 1 saturated heterocycles. The summed E-state index contributed by atoms with van der Waals surface area (Å²) in [5.41, 5.74) is -0.790. The first-order valence-corrected chi connectivity index (χ1v) is 6.74. The van der Waals surface area contributed by atoms with Crippen LogP contribution in [0.15, 0.2) is 22.8 Å². The molecular weight excluding hydrogens is 260 g/mol. The number of amides is 2. The van der Waals surface area contributed by atoms with Gasteiger partial charge in [-0.25, -0.2) is 4.79 Å². The minimum absolute atomic E-state index is 0.155. The van der Waals surface area contributed by atoms with Crippen molar-refractivity contribution in [1.29, 1.82) is 0 Å². The van der Waals surface area contributed by atoms with E-state index in [1.165, 1.54) is 0 Å². The zero-order valence-corrected chi connectivity index (χ0v) is 11.8. The van der Waals surface area contributed by atoms with E-state index in [4.69, 9.17) is 4.42 Å². The van der Waals surface area contributed by atoms with Crippen LogP contribution < -0.4 is 0 Å². The Balaban J connectivity index is 1.98. The van der Waals surface area contributed by atoms with Crippen molar-refractivity contribution in [2.24, 2.45) is 5.41 Å². The van der Waals surface area contributed by atoms with Crippen LogP contribution in [0.4, 0.5) is 4.79 Å². The smallest absolute Gasteiger partial charge is 0.320 e. The van der Waals surface area contributed by atoms with Crippen LogP contribution in [-0.2, 0) is 11.3 Å². The molecule has 1 aliphatic heterocycles. The van der Waals surface area contributed by atoms with Crippen LogP contribution in [0.3, 0.4) is 0 Å². The number of hydrogen-bond donors (Lipinski definition) is 1. The molecule has 1 N–H and O–H groups in total. The molecular formula is C14H20N2O4. The molecule has 1 aromatic rings. The molecule has 20 heavy (non-hydrogen) atoms. The van der Waals surface area contributed by atoms with E-state index in [2.05, 4.69) is 0 Å². The fraction of sp³-hybridized carbons (Fsp3) is 0.571. The molecule has 1 aliphatic rings. The first-order valence-electron chi connectivity index (χ1n) is 6.74. The van der Waals surface area contributed by atoms with Crippen LogP contribution in [0.5, 0.6) is 0 Å². The van der Waals surface area contributed by atoms with Crippen LogP contribution in [0.1, 0.15) is 25.5 Å². The number of aliphatic carboxylic acids is 1. The summed E-state index contributed by atoms with van der Waals surface area (Å²) < 4.78 is 5.21. The first-order chi connectivity index (χ1) is 9.48. The van der Waals surface area contributed by atoms with Gasteiger partial charge in [-0.05, 0) is 25.0 Å². The van der Waals surface area contributed by atoms with Gasteiger partial charge in [-0.1, -0.05) is 6.92 Å². The molecule has 0 spiro atoms. The highest BCUT2D eigenvalue weighted by Gasteiger charge is 2.45. The Bertz CT molecular complexity index is 485. The highest BCUT2D eigenvalue weighted by molar-refractivity contribution is 5.79. The molecule has 1 atom stereocenters. The molecule has 1 fully saturated rings. The lowest BCUT2D eigenvalue weighted by Gasteiger charge is -2.26. The number of carbonyl (C=O) groups excluding carboxylic acids is 1. The van der Waals surface area contributed by atoms with Crippen LogP contribution >= 0.6 is 0 Å². The van der Waals surface area contributed by atoms with Gasteiger partial charge < -0.3 is 19.3 Å². The van der Waals surface area contributed by atoms with Gasteiger partial charge in [0.1, 0.15) is 5.76 Å². The minimum Gasteiger partial charge on any atom is -0.481 e. The van der Waals surface area contributed by atoms with Gasteiger partial charge in [-0.15, -0.1) is 0 Å². The number of urea groups is 1. The molecule has 0 radical (unpaired) electrons. The third-order valence-corrected chi connectivity index (χ3v) is 4.05. The van der Waals surface area contributed by atoms with Gasteiger partial charge in [0, 0.05) is 20.1 Å². The monoisotopic (exact) mass is 280 g/mol. The molecule has 6 heteroatoms. The number of likely N-dealkylation sites (tertiary alicyclic amines) is 1. The number of carboxylic acid groups (broad SMARTS) is 1. The van der Waals surface area contributed by atoms with Crippen molar-refractivity contribution < 1.29 is 19.1 Å². The lowest BCUT2D eigenvalue weighted by Crippen LogP contribution is -2.42. The Morgan fingerprint density at radius 2 is 2.30 bits per heavy atom. The molecule has 2 rings (SSSR count). The molecule has 110 valence electrons. The molecule has 0 aromatic carbocycles. The SMILES string of the molecule is CCC1(C(=O)O)CCN(C(=O)N(C)Cc2ccco2)C1. The summed E-state index contributed by atoms with van der Waals surface area (Å²) >= 11 is 0. The molecule has 2 heterocycles. The number of nitrogens with zero attached hydrogens (tertiary/aromatic N) is 2. The van der Waals surface area contributed by atoms with E-state index in [-0.39, 0.29) is 12.6 Å². The Kier molecular flexibility index (Phi) is 4.01. The summed E-state index contributed by atoms with van der Waals surface area (Å²) in [4.78, 5) is 26.9. The number of rotatable bonds is 4. The Morgan fingerprint density at radius 3 is 2.80 bits per heavy atom. The average molecular weight is 280 g/mol. The van der Waals surface area contributed by atoms with E-state index in [0.717, 1.165) is 0 Å². The highest BCUT2D eigenvalue weighted by atomic mass is 16.4. The van der Waals surface area contributed by atoms with Crippen molar-refractivity contribution in [3.8, 4) is 0 Å². The van der Waals surface area contributed by atoms with E-state index in [1.807, 2.05) is 6.92 Å². The lowest BCUT2D eigenvalue weighted by atomic mass is 9.84. The molecule has 6 nitrogen and oxygen atoms in total. The van der Waals surface area contributed by atoms with E-state index in [1.54, 1.807) is 35.2 Å². The summed E-state index contributed by atoms with van der Waals surface area (Å²) in [5.74, 6) is -0.107. The van der Waals surface area contributed by atoms with Gasteiger partial charge in [0.15, 0.2) is 0 Å². The van der Waals surface area contributed by atoms with Crippen LogP contribution in [0, 0.1) is 5.41 Å². The Labute approximate surface area is 118 Å².